The average Bonchev–Trinajstić information content (AvgIpc) is 2.42. The summed E-state index contributed by atoms with van der Waals surface area (Å²) in [6.45, 7) is 4.47. The fraction of sp³-hybridized carbons (Fsp3) is 0.667. The summed E-state index contributed by atoms with van der Waals surface area (Å²) >= 11 is 0. The topological polar surface area (TPSA) is 93.4 Å². The maximum absolute atomic E-state index is 12.7. The first-order valence-electron chi connectivity index (χ1n) is 6.68. The molecule has 1 N–H and O–H groups in total. The average molecular weight is 353 g/mol. The molecule has 0 saturated carbocycles. The van der Waals surface area contributed by atoms with E-state index in [1.165, 1.54) is 18.4 Å². The molecule has 1 aromatic rings. The monoisotopic (exact) mass is 352 g/mol. The van der Waals surface area contributed by atoms with Crippen LogP contribution in [0.1, 0.15) is 13.8 Å². The van der Waals surface area contributed by atoms with Gasteiger partial charge in [-0.05, 0) is 13.8 Å². The number of rotatable bonds is 2. The van der Waals surface area contributed by atoms with Crippen LogP contribution in [0.25, 0.3) is 0 Å². The van der Waals surface area contributed by atoms with Crippen LogP contribution in [0.3, 0.4) is 0 Å². The van der Waals surface area contributed by atoms with Gasteiger partial charge in [0.1, 0.15) is 0 Å². The van der Waals surface area contributed by atoms with Crippen LogP contribution in [0.5, 0.6) is 0 Å². The molecule has 0 amide bonds. The highest BCUT2D eigenvalue weighted by Crippen LogP contribution is 2.17. The Kier molecular flexibility index (Phi) is 5.61. The molecule has 1 aromatic heterocycles. The minimum absolute atomic E-state index is 0. The highest BCUT2D eigenvalue weighted by atomic mass is 35.5. The lowest BCUT2D eigenvalue weighted by molar-refractivity contribution is 0.244. The van der Waals surface area contributed by atoms with Gasteiger partial charge in [0.2, 0.25) is 10.0 Å². The van der Waals surface area contributed by atoms with Crippen molar-refractivity contribution in [3.05, 3.63) is 27.0 Å². The highest BCUT2D eigenvalue weighted by Gasteiger charge is 2.35. The molecule has 1 aliphatic rings. The number of hydrogen-bond donors (Lipinski definition) is 1. The van der Waals surface area contributed by atoms with Crippen LogP contribution in [0.15, 0.2) is 20.7 Å². The van der Waals surface area contributed by atoms with Crippen molar-refractivity contribution in [2.75, 3.05) is 13.1 Å². The van der Waals surface area contributed by atoms with Gasteiger partial charge in [-0.3, -0.25) is 9.36 Å². The number of sulfonamides is 1. The van der Waals surface area contributed by atoms with Crippen LogP contribution in [0.4, 0.5) is 0 Å². The minimum Gasteiger partial charge on any atom is -0.311 e. The number of aryl methyl sites for hydroxylation is 1. The number of halogens is 1. The summed E-state index contributed by atoms with van der Waals surface area (Å²) in [7, 11) is -1.24. The van der Waals surface area contributed by atoms with E-state index in [0.29, 0.717) is 6.54 Å². The first-order chi connectivity index (χ1) is 9.66. The number of nitrogens with zero attached hydrogens (tertiary/aromatic N) is 3. The molecule has 126 valence electrons. The molecule has 2 unspecified atom stereocenters. The Morgan fingerprint density at radius 3 is 2.41 bits per heavy atom. The van der Waals surface area contributed by atoms with Crippen molar-refractivity contribution in [2.45, 2.75) is 30.8 Å². The van der Waals surface area contributed by atoms with Gasteiger partial charge in [-0.1, -0.05) is 0 Å². The molecule has 0 aromatic carbocycles. The van der Waals surface area contributed by atoms with Crippen molar-refractivity contribution in [3.63, 3.8) is 0 Å². The van der Waals surface area contributed by atoms with Crippen LogP contribution in [-0.4, -0.2) is 47.0 Å². The van der Waals surface area contributed by atoms with E-state index in [9.17, 15) is 18.0 Å². The van der Waals surface area contributed by atoms with Crippen LogP contribution in [-0.2, 0) is 24.1 Å². The smallest absolute Gasteiger partial charge is 0.311 e. The second-order valence-corrected chi connectivity index (χ2v) is 7.34. The second kappa shape index (κ2) is 6.53. The third kappa shape index (κ3) is 3.12. The zero-order valence-corrected chi connectivity index (χ0v) is 14.6. The fourth-order valence-corrected chi connectivity index (χ4v) is 4.27. The molecule has 0 bridgehead atoms. The Morgan fingerprint density at radius 2 is 1.82 bits per heavy atom. The molecule has 2 heterocycles. The zero-order chi connectivity index (χ0) is 15.9. The Bertz CT molecular complexity index is 770. The number of nitrogens with one attached hydrogen (secondary N) is 1. The lowest BCUT2D eigenvalue weighted by Crippen LogP contribution is -2.57. The Hall–Kier alpha value is -1.16. The van der Waals surface area contributed by atoms with Gasteiger partial charge in [-0.25, -0.2) is 13.2 Å². The molecule has 2 rings (SSSR count). The third-order valence-corrected chi connectivity index (χ3v) is 5.67. The van der Waals surface area contributed by atoms with E-state index in [-0.39, 0.29) is 35.9 Å². The quantitative estimate of drug-likeness (QED) is 0.727. The van der Waals surface area contributed by atoms with Crippen LogP contribution in [0.2, 0.25) is 0 Å². The first-order valence-corrected chi connectivity index (χ1v) is 8.12. The number of piperazine rings is 1. The largest absolute Gasteiger partial charge is 0.330 e. The Balaban J connectivity index is 0.00000242. The van der Waals surface area contributed by atoms with Crippen LogP contribution < -0.4 is 16.6 Å². The Morgan fingerprint density at radius 1 is 1.23 bits per heavy atom. The standard InChI is InChI=1S/C12H20N4O4S.ClH/c1-8-6-16(9(2)5-13-8)21(19,20)10-7-14(3)12(18)15(4)11(10)17;/h7-9,13H,5-6H2,1-4H3;1H. The molecule has 1 saturated heterocycles. The third-order valence-electron chi connectivity index (χ3n) is 3.71. The van der Waals surface area contributed by atoms with Crippen LogP contribution >= 0.6 is 12.4 Å². The van der Waals surface area contributed by atoms with E-state index in [4.69, 9.17) is 0 Å². The predicted octanol–water partition coefficient (Wildman–Crippen LogP) is -1.12. The van der Waals surface area contributed by atoms with Gasteiger partial charge >= 0.3 is 5.69 Å². The maximum Gasteiger partial charge on any atom is 0.330 e. The van der Waals surface area contributed by atoms with Crippen molar-refractivity contribution < 1.29 is 8.42 Å². The molecule has 1 aliphatic heterocycles. The predicted molar refractivity (Wildman–Crippen MR) is 85.0 cm³/mol. The second-order valence-electron chi connectivity index (χ2n) is 5.48. The summed E-state index contributed by atoms with van der Waals surface area (Å²) in [5.74, 6) is 0. The summed E-state index contributed by atoms with van der Waals surface area (Å²) in [5.41, 5.74) is -1.35. The lowest BCUT2D eigenvalue weighted by atomic mass is 10.2. The molecule has 1 fully saturated rings. The fourth-order valence-electron chi connectivity index (χ4n) is 2.40. The van der Waals surface area contributed by atoms with E-state index in [0.717, 1.165) is 15.3 Å². The van der Waals surface area contributed by atoms with Gasteiger partial charge < -0.3 is 9.88 Å². The van der Waals surface area contributed by atoms with Gasteiger partial charge in [-0.15, -0.1) is 12.4 Å². The molecule has 0 radical (unpaired) electrons. The molecule has 0 aliphatic carbocycles. The van der Waals surface area contributed by atoms with E-state index in [1.54, 1.807) is 6.92 Å². The molecule has 2 atom stereocenters. The molecule has 0 spiro atoms. The summed E-state index contributed by atoms with van der Waals surface area (Å²) in [6, 6.07) is -0.250. The minimum atomic E-state index is -3.94. The molecular formula is C12H21ClN4O4S. The molecular weight excluding hydrogens is 332 g/mol. The van der Waals surface area contributed by atoms with Crippen molar-refractivity contribution in [1.82, 2.24) is 18.8 Å². The van der Waals surface area contributed by atoms with Crippen LogP contribution in [0, 0.1) is 0 Å². The van der Waals surface area contributed by atoms with Crippen molar-refractivity contribution in [1.29, 1.82) is 0 Å². The first kappa shape index (κ1) is 18.9. The van der Waals surface area contributed by atoms with Gasteiger partial charge in [0.15, 0.2) is 4.90 Å². The van der Waals surface area contributed by atoms with Gasteiger partial charge in [0.05, 0.1) is 0 Å². The summed E-state index contributed by atoms with van der Waals surface area (Å²) < 4.78 is 28.7. The lowest BCUT2D eigenvalue weighted by Gasteiger charge is -2.36. The molecule has 10 heteroatoms. The van der Waals surface area contributed by atoms with Crippen molar-refractivity contribution in [3.8, 4) is 0 Å². The zero-order valence-electron chi connectivity index (χ0n) is 12.9. The number of aromatic nitrogens is 2. The van der Waals surface area contributed by atoms with E-state index in [1.807, 2.05) is 6.92 Å². The van der Waals surface area contributed by atoms with E-state index < -0.39 is 21.3 Å². The summed E-state index contributed by atoms with van der Waals surface area (Å²) in [6.07, 6.45) is 1.10. The molecule has 8 nitrogen and oxygen atoms in total. The van der Waals surface area contributed by atoms with E-state index in [2.05, 4.69) is 5.32 Å². The van der Waals surface area contributed by atoms with E-state index >= 15 is 0 Å². The summed E-state index contributed by atoms with van der Waals surface area (Å²) in [4.78, 5) is 23.4. The highest BCUT2D eigenvalue weighted by molar-refractivity contribution is 7.89. The number of hydrogen-bond acceptors (Lipinski definition) is 5. The van der Waals surface area contributed by atoms with Crippen molar-refractivity contribution in [2.24, 2.45) is 14.1 Å². The van der Waals surface area contributed by atoms with Gasteiger partial charge in [-0.2, -0.15) is 4.31 Å². The van der Waals surface area contributed by atoms with Gasteiger partial charge in [0.25, 0.3) is 5.56 Å². The SMILES string of the molecule is CC1CN(S(=O)(=O)c2cn(C)c(=O)n(C)c2=O)C(C)CN1.Cl. The summed E-state index contributed by atoms with van der Waals surface area (Å²) in [5, 5.41) is 3.19. The Labute approximate surface area is 135 Å². The van der Waals surface area contributed by atoms with Crippen molar-refractivity contribution >= 4 is 22.4 Å². The normalized spacial score (nSPS) is 23.1. The maximum atomic E-state index is 12.7. The van der Waals surface area contributed by atoms with Gasteiger partial charge in [0, 0.05) is 45.5 Å². The molecule has 22 heavy (non-hydrogen) atoms.